The summed E-state index contributed by atoms with van der Waals surface area (Å²) in [5.41, 5.74) is 1.26. The molecule has 1 aliphatic heterocycles. The quantitative estimate of drug-likeness (QED) is 0.761. The zero-order valence-corrected chi connectivity index (χ0v) is 9.07. The van der Waals surface area contributed by atoms with Crippen LogP contribution < -0.4 is 0 Å². The molecule has 2 nitrogen and oxygen atoms in total. The number of fused-ring (bicyclic) bond motifs is 1. The molecule has 15 heavy (non-hydrogen) atoms. The predicted molar refractivity (Wildman–Crippen MR) is 61.3 cm³/mol. The van der Waals surface area contributed by atoms with Gasteiger partial charge in [0.25, 0.3) is 0 Å². The standard InChI is InChI=1S/C12H12ClNO/c13-11-1-2-12-10(5-11)3-4-14(12)6-9-7-15-8-9/h1-5,9H,6-8H2. The SMILES string of the molecule is Clc1ccc2c(ccn2CC2COC2)c1. The van der Waals surface area contributed by atoms with Gasteiger partial charge in [-0.25, -0.2) is 0 Å². The third-order valence-corrected chi connectivity index (χ3v) is 3.13. The van der Waals surface area contributed by atoms with Crippen molar-refractivity contribution in [2.24, 2.45) is 5.92 Å². The second-order valence-corrected chi connectivity index (χ2v) is 4.51. The first-order valence-corrected chi connectivity index (χ1v) is 5.53. The Morgan fingerprint density at radius 3 is 2.93 bits per heavy atom. The molecule has 1 fully saturated rings. The zero-order chi connectivity index (χ0) is 10.3. The molecule has 1 aliphatic rings. The Kier molecular flexibility index (Phi) is 2.19. The van der Waals surface area contributed by atoms with E-state index < -0.39 is 0 Å². The number of aromatic nitrogens is 1. The Bertz CT molecular complexity index is 487. The van der Waals surface area contributed by atoms with Crippen molar-refractivity contribution in [3.8, 4) is 0 Å². The van der Waals surface area contributed by atoms with Crippen LogP contribution in [0.2, 0.25) is 5.02 Å². The first kappa shape index (κ1) is 9.25. The number of ether oxygens (including phenoxy) is 1. The van der Waals surface area contributed by atoms with Crippen LogP contribution in [-0.2, 0) is 11.3 Å². The fourth-order valence-electron chi connectivity index (χ4n) is 2.00. The van der Waals surface area contributed by atoms with Crippen LogP contribution >= 0.6 is 11.6 Å². The van der Waals surface area contributed by atoms with Crippen LogP contribution in [0.3, 0.4) is 0 Å². The maximum atomic E-state index is 5.94. The molecule has 0 saturated carbocycles. The van der Waals surface area contributed by atoms with Gasteiger partial charge in [0.1, 0.15) is 0 Å². The van der Waals surface area contributed by atoms with E-state index in [0.29, 0.717) is 5.92 Å². The van der Waals surface area contributed by atoms with E-state index in [2.05, 4.69) is 22.9 Å². The summed E-state index contributed by atoms with van der Waals surface area (Å²) in [6, 6.07) is 8.14. The molecule has 0 bridgehead atoms. The van der Waals surface area contributed by atoms with Gasteiger partial charge in [-0.15, -0.1) is 0 Å². The minimum atomic E-state index is 0.677. The van der Waals surface area contributed by atoms with Gasteiger partial charge in [0.05, 0.1) is 13.2 Å². The van der Waals surface area contributed by atoms with Gasteiger partial charge >= 0.3 is 0 Å². The number of benzene rings is 1. The molecule has 3 heteroatoms. The summed E-state index contributed by atoms with van der Waals surface area (Å²) in [5, 5.41) is 2.01. The fourth-order valence-corrected chi connectivity index (χ4v) is 2.18. The van der Waals surface area contributed by atoms with Crippen molar-refractivity contribution in [2.75, 3.05) is 13.2 Å². The highest BCUT2D eigenvalue weighted by Crippen LogP contribution is 2.22. The molecule has 0 radical (unpaired) electrons. The minimum absolute atomic E-state index is 0.677. The zero-order valence-electron chi connectivity index (χ0n) is 8.32. The van der Waals surface area contributed by atoms with Crippen LogP contribution in [0.4, 0.5) is 0 Å². The van der Waals surface area contributed by atoms with Crippen molar-refractivity contribution >= 4 is 22.5 Å². The molecule has 2 heterocycles. The molecular weight excluding hydrogens is 210 g/mol. The summed E-state index contributed by atoms with van der Waals surface area (Å²) >= 11 is 5.94. The van der Waals surface area contributed by atoms with Crippen molar-refractivity contribution in [3.05, 3.63) is 35.5 Å². The molecule has 0 amide bonds. The molecular formula is C12H12ClNO. The Hall–Kier alpha value is -0.990. The van der Waals surface area contributed by atoms with E-state index in [0.717, 1.165) is 24.8 Å². The van der Waals surface area contributed by atoms with Gasteiger partial charge in [-0.1, -0.05) is 11.6 Å². The Morgan fingerprint density at radius 1 is 1.33 bits per heavy atom. The third kappa shape index (κ3) is 1.64. The molecule has 78 valence electrons. The molecule has 0 atom stereocenters. The van der Waals surface area contributed by atoms with E-state index in [1.54, 1.807) is 0 Å². The van der Waals surface area contributed by atoms with Crippen LogP contribution in [0.15, 0.2) is 30.5 Å². The van der Waals surface area contributed by atoms with Gasteiger partial charge in [0.15, 0.2) is 0 Å². The number of nitrogens with zero attached hydrogens (tertiary/aromatic N) is 1. The summed E-state index contributed by atoms with van der Waals surface area (Å²) < 4.78 is 7.46. The summed E-state index contributed by atoms with van der Waals surface area (Å²) in [7, 11) is 0. The van der Waals surface area contributed by atoms with Crippen LogP contribution in [0, 0.1) is 5.92 Å². The third-order valence-electron chi connectivity index (χ3n) is 2.90. The number of rotatable bonds is 2. The van der Waals surface area contributed by atoms with Crippen LogP contribution in [0.5, 0.6) is 0 Å². The van der Waals surface area contributed by atoms with E-state index in [4.69, 9.17) is 16.3 Å². The number of hydrogen-bond donors (Lipinski definition) is 0. The average molecular weight is 222 g/mol. The monoisotopic (exact) mass is 221 g/mol. The maximum Gasteiger partial charge on any atom is 0.0533 e. The molecule has 2 aromatic rings. The number of hydrogen-bond acceptors (Lipinski definition) is 1. The van der Waals surface area contributed by atoms with E-state index in [9.17, 15) is 0 Å². The van der Waals surface area contributed by atoms with Crippen LogP contribution in [0.25, 0.3) is 10.9 Å². The van der Waals surface area contributed by atoms with Crippen molar-refractivity contribution < 1.29 is 4.74 Å². The Balaban J connectivity index is 1.96. The lowest BCUT2D eigenvalue weighted by atomic mass is 10.1. The lowest BCUT2D eigenvalue weighted by Gasteiger charge is -2.26. The largest absolute Gasteiger partial charge is 0.381 e. The summed E-state index contributed by atoms with van der Waals surface area (Å²) in [6.07, 6.45) is 2.12. The molecule has 1 saturated heterocycles. The topological polar surface area (TPSA) is 14.2 Å². The Morgan fingerprint density at radius 2 is 2.20 bits per heavy atom. The second-order valence-electron chi connectivity index (χ2n) is 4.07. The lowest BCUT2D eigenvalue weighted by molar-refractivity contribution is -0.0388. The van der Waals surface area contributed by atoms with Crippen LogP contribution in [0.1, 0.15) is 0 Å². The highest BCUT2D eigenvalue weighted by atomic mass is 35.5. The van der Waals surface area contributed by atoms with E-state index in [1.165, 1.54) is 10.9 Å². The summed E-state index contributed by atoms with van der Waals surface area (Å²) in [4.78, 5) is 0. The average Bonchev–Trinajstić information content (AvgIpc) is 2.54. The van der Waals surface area contributed by atoms with E-state index in [1.807, 2.05) is 12.1 Å². The molecule has 3 rings (SSSR count). The van der Waals surface area contributed by atoms with Gasteiger partial charge in [-0.2, -0.15) is 0 Å². The van der Waals surface area contributed by atoms with Gasteiger partial charge in [0.2, 0.25) is 0 Å². The maximum absolute atomic E-state index is 5.94. The molecule has 0 N–H and O–H groups in total. The normalized spacial score (nSPS) is 16.9. The highest BCUT2D eigenvalue weighted by Gasteiger charge is 2.19. The van der Waals surface area contributed by atoms with Gasteiger partial charge < -0.3 is 9.30 Å². The lowest BCUT2D eigenvalue weighted by Crippen LogP contribution is -2.31. The van der Waals surface area contributed by atoms with Crippen molar-refractivity contribution in [1.29, 1.82) is 0 Å². The minimum Gasteiger partial charge on any atom is -0.381 e. The van der Waals surface area contributed by atoms with Gasteiger partial charge in [0, 0.05) is 34.6 Å². The summed E-state index contributed by atoms with van der Waals surface area (Å²) in [5.74, 6) is 0.677. The van der Waals surface area contributed by atoms with Gasteiger partial charge in [-0.05, 0) is 24.3 Å². The fraction of sp³-hybridized carbons (Fsp3) is 0.333. The van der Waals surface area contributed by atoms with Crippen LogP contribution in [-0.4, -0.2) is 17.8 Å². The first-order valence-electron chi connectivity index (χ1n) is 5.15. The van der Waals surface area contributed by atoms with E-state index in [-0.39, 0.29) is 0 Å². The molecule has 1 aromatic heterocycles. The molecule has 1 aromatic carbocycles. The first-order chi connectivity index (χ1) is 7.33. The smallest absolute Gasteiger partial charge is 0.0533 e. The van der Waals surface area contributed by atoms with Crippen molar-refractivity contribution in [2.45, 2.75) is 6.54 Å². The molecule has 0 unspecified atom stereocenters. The second kappa shape index (κ2) is 3.54. The predicted octanol–water partition coefficient (Wildman–Crippen LogP) is 2.94. The number of halogens is 1. The van der Waals surface area contributed by atoms with E-state index >= 15 is 0 Å². The molecule has 0 aliphatic carbocycles. The van der Waals surface area contributed by atoms with Crippen molar-refractivity contribution in [1.82, 2.24) is 4.57 Å². The highest BCUT2D eigenvalue weighted by molar-refractivity contribution is 6.31. The Labute approximate surface area is 93.4 Å². The van der Waals surface area contributed by atoms with Crippen molar-refractivity contribution in [3.63, 3.8) is 0 Å². The molecule has 0 spiro atoms. The summed E-state index contributed by atoms with van der Waals surface area (Å²) in [6.45, 7) is 2.84. The van der Waals surface area contributed by atoms with Gasteiger partial charge in [-0.3, -0.25) is 0 Å².